The van der Waals surface area contributed by atoms with Gasteiger partial charge in [-0.3, -0.25) is 5.10 Å². The van der Waals surface area contributed by atoms with E-state index in [-0.39, 0.29) is 0 Å². The summed E-state index contributed by atoms with van der Waals surface area (Å²) < 4.78 is 5.51. The Bertz CT molecular complexity index is 742. The fourth-order valence-electron chi connectivity index (χ4n) is 2.96. The molecule has 4 rings (SSSR count). The third-order valence-corrected chi connectivity index (χ3v) is 3.80. The Kier molecular flexibility index (Phi) is 2.15. The van der Waals surface area contributed by atoms with Crippen LogP contribution in [-0.4, -0.2) is 15.2 Å². The van der Waals surface area contributed by atoms with E-state index in [4.69, 9.17) is 10.2 Å². The lowest BCUT2D eigenvalue weighted by Crippen LogP contribution is -2.07. The zero-order chi connectivity index (χ0) is 12.8. The molecule has 0 aliphatic heterocycles. The van der Waals surface area contributed by atoms with Gasteiger partial charge in [-0.05, 0) is 48.9 Å². The van der Waals surface area contributed by atoms with Crippen LogP contribution in [0.4, 0.5) is 5.82 Å². The molecular formula is C14H14N4O. The molecule has 3 aromatic rings. The summed E-state index contributed by atoms with van der Waals surface area (Å²) in [7, 11) is 0. The van der Waals surface area contributed by atoms with Crippen molar-refractivity contribution in [2.75, 3.05) is 5.73 Å². The number of anilines is 1. The second-order valence-electron chi connectivity index (χ2n) is 4.94. The van der Waals surface area contributed by atoms with Crippen LogP contribution in [0.15, 0.2) is 22.8 Å². The summed E-state index contributed by atoms with van der Waals surface area (Å²) in [6, 6.07) is 3.83. The summed E-state index contributed by atoms with van der Waals surface area (Å²) >= 11 is 0. The van der Waals surface area contributed by atoms with Crippen molar-refractivity contribution in [3.63, 3.8) is 0 Å². The van der Waals surface area contributed by atoms with Gasteiger partial charge in [0.2, 0.25) is 0 Å². The SMILES string of the molecule is Nc1[nH]nc2nc(-c3ccco3)c3c(c12)CCCC3. The number of nitrogens with one attached hydrogen (secondary N) is 1. The first-order valence-corrected chi connectivity index (χ1v) is 6.54. The first-order chi connectivity index (χ1) is 9.34. The predicted molar refractivity (Wildman–Crippen MR) is 72.6 cm³/mol. The molecule has 0 spiro atoms. The number of aromatic amines is 1. The molecule has 5 heteroatoms. The Morgan fingerprint density at radius 3 is 2.84 bits per heavy atom. The Hall–Kier alpha value is -2.30. The van der Waals surface area contributed by atoms with E-state index in [0.29, 0.717) is 11.5 Å². The maximum atomic E-state index is 5.99. The Balaban J connectivity index is 2.09. The molecule has 0 aromatic carbocycles. The monoisotopic (exact) mass is 254 g/mol. The summed E-state index contributed by atoms with van der Waals surface area (Å²) in [5.41, 5.74) is 10.1. The van der Waals surface area contributed by atoms with Gasteiger partial charge in [-0.2, -0.15) is 5.10 Å². The van der Waals surface area contributed by atoms with Gasteiger partial charge in [0, 0.05) is 0 Å². The molecule has 0 atom stereocenters. The summed E-state index contributed by atoms with van der Waals surface area (Å²) in [5.74, 6) is 1.42. The molecule has 5 nitrogen and oxygen atoms in total. The normalized spacial score (nSPS) is 14.7. The summed E-state index contributed by atoms with van der Waals surface area (Å²) in [6.07, 6.45) is 6.11. The average molecular weight is 254 g/mol. The van der Waals surface area contributed by atoms with Gasteiger partial charge in [0.15, 0.2) is 11.4 Å². The predicted octanol–water partition coefficient (Wildman–Crippen LogP) is 2.68. The maximum absolute atomic E-state index is 5.99. The van der Waals surface area contributed by atoms with E-state index < -0.39 is 0 Å². The number of nitrogens with two attached hydrogens (primary N) is 1. The lowest BCUT2D eigenvalue weighted by molar-refractivity contribution is 0.577. The molecule has 0 amide bonds. The van der Waals surface area contributed by atoms with Crippen molar-refractivity contribution in [3.05, 3.63) is 29.5 Å². The number of furan rings is 1. The van der Waals surface area contributed by atoms with Crippen molar-refractivity contribution in [3.8, 4) is 11.5 Å². The van der Waals surface area contributed by atoms with Gasteiger partial charge in [-0.15, -0.1) is 0 Å². The molecule has 0 saturated carbocycles. The van der Waals surface area contributed by atoms with Crippen LogP contribution in [0.1, 0.15) is 24.0 Å². The largest absolute Gasteiger partial charge is 0.463 e. The quantitative estimate of drug-likeness (QED) is 0.699. The van der Waals surface area contributed by atoms with E-state index in [0.717, 1.165) is 29.7 Å². The van der Waals surface area contributed by atoms with Crippen LogP contribution in [0.5, 0.6) is 0 Å². The van der Waals surface area contributed by atoms with E-state index in [9.17, 15) is 0 Å². The summed E-state index contributed by atoms with van der Waals surface area (Å²) in [5, 5.41) is 8.02. The van der Waals surface area contributed by atoms with Crippen LogP contribution in [-0.2, 0) is 12.8 Å². The number of aromatic nitrogens is 3. The molecule has 0 radical (unpaired) electrons. The lowest BCUT2D eigenvalue weighted by Gasteiger charge is -2.18. The molecule has 0 bridgehead atoms. The number of hydrogen-bond donors (Lipinski definition) is 2. The van der Waals surface area contributed by atoms with Gasteiger partial charge in [0.25, 0.3) is 0 Å². The third kappa shape index (κ3) is 1.47. The highest BCUT2D eigenvalue weighted by molar-refractivity contribution is 5.92. The van der Waals surface area contributed by atoms with E-state index in [1.165, 1.54) is 24.0 Å². The highest BCUT2D eigenvalue weighted by atomic mass is 16.3. The molecule has 0 unspecified atom stereocenters. The summed E-state index contributed by atoms with van der Waals surface area (Å²) in [4.78, 5) is 4.64. The maximum Gasteiger partial charge on any atom is 0.184 e. The minimum atomic E-state index is 0.617. The van der Waals surface area contributed by atoms with E-state index in [2.05, 4.69) is 15.2 Å². The number of hydrogen-bond acceptors (Lipinski definition) is 4. The molecule has 96 valence electrons. The van der Waals surface area contributed by atoms with Crippen molar-refractivity contribution in [2.45, 2.75) is 25.7 Å². The second-order valence-corrected chi connectivity index (χ2v) is 4.94. The number of rotatable bonds is 1. The molecular weight excluding hydrogens is 240 g/mol. The summed E-state index contributed by atoms with van der Waals surface area (Å²) in [6.45, 7) is 0. The van der Waals surface area contributed by atoms with Gasteiger partial charge in [0.05, 0.1) is 11.6 Å². The minimum Gasteiger partial charge on any atom is -0.463 e. The van der Waals surface area contributed by atoms with Crippen LogP contribution in [0.25, 0.3) is 22.5 Å². The second kappa shape index (κ2) is 3.85. The highest BCUT2D eigenvalue weighted by Crippen LogP contribution is 2.36. The topological polar surface area (TPSA) is 80.7 Å². The Labute approximate surface area is 109 Å². The zero-order valence-corrected chi connectivity index (χ0v) is 10.4. The van der Waals surface area contributed by atoms with Gasteiger partial charge >= 0.3 is 0 Å². The van der Waals surface area contributed by atoms with Gasteiger partial charge in [0.1, 0.15) is 11.5 Å². The van der Waals surface area contributed by atoms with Crippen LogP contribution in [0.2, 0.25) is 0 Å². The first kappa shape index (κ1) is 10.6. The molecule has 19 heavy (non-hydrogen) atoms. The number of pyridine rings is 1. The number of H-pyrrole nitrogens is 1. The molecule has 0 saturated heterocycles. The average Bonchev–Trinajstić information content (AvgIpc) is 3.08. The highest BCUT2D eigenvalue weighted by Gasteiger charge is 2.22. The minimum absolute atomic E-state index is 0.617. The number of nitrogen functional groups attached to an aromatic ring is 1. The first-order valence-electron chi connectivity index (χ1n) is 6.54. The van der Waals surface area contributed by atoms with Crippen LogP contribution in [0.3, 0.4) is 0 Å². The Morgan fingerprint density at radius 2 is 2.05 bits per heavy atom. The Morgan fingerprint density at radius 1 is 1.21 bits per heavy atom. The van der Waals surface area contributed by atoms with Crippen molar-refractivity contribution in [2.24, 2.45) is 0 Å². The molecule has 3 aromatic heterocycles. The fourth-order valence-corrected chi connectivity index (χ4v) is 2.96. The molecule has 1 aliphatic rings. The van der Waals surface area contributed by atoms with E-state index in [1.54, 1.807) is 6.26 Å². The van der Waals surface area contributed by atoms with Crippen molar-refractivity contribution < 1.29 is 4.42 Å². The van der Waals surface area contributed by atoms with Crippen molar-refractivity contribution in [1.82, 2.24) is 15.2 Å². The third-order valence-electron chi connectivity index (χ3n) is 3.80. The molecule has 0 fully saturated rings. The van der Waals surface area contributed by atoms with Gasteiger partial charge in [-0.25, -0.2) is 4.98 Å². The van der Waals surface area contributed by atoms with E-state index in [1.807, 2.05) is 12.1 Å². The smallest absolute Gasteiger partial charge is 0.184 e. The van der Waals surface area contributed by atoms with Gasteiger partial charge in [-0.1, -0.05) is 0 Å². The van der Waals surface area contributed by atoms with Crippen molar-refractivity contribution in [1.29, 1.82) is 0 Å². The lowest BCUT2D eigenvalue weighted by atomic mass is 9.88. The van der Waals surface area contributed by atoms with Crippen molar-refractivity contribution >= 4 is 16.9 Å². The number of nitrogens with zero attached hydrogens (tertiary/aromatic N) is 2. The number of fused-ring (bicyclic) bond motifs is 3. The molecule has 1 aliphatic carbocycles. The molecule has 3 N–H and O–H groups in total. The van der Waals surface area contributed by atoms with E-state index >= 15 is 0 Å². The molecule has 3 heterocycles. The van der Waals surface area contributed by atoms with Crippen LogP contribution in [0, 0.1) is 0 Å². The number of aryl methyl sites for hydroxylation is 1. The standard InChI is InChI=1S/C14H14N4O/c15-13-11-8-4-1-2-5-9(8)12(10-6-3-7-19-10)16-14(11)18-17-13/h3,6-7H,1-2,4-5H2,(H3,15,16,17,18). The van der Waals surface area contributed by atoms with Gasteiger partial charge < -0.3 is 10.2 Å². The van der Waals surface area contributed by atoms with Crippen LogP contribution >= 0.6 is 0 Å². The van der Waals surface area contributed by atoms with Crippen LogP contribution < -0.4 is 5.73 Å². The zero-order valence-electron chi connectivity index (χ0n) is 10.4. The fraction of sp³-hybridized carbons (Fsp3) is 0.286.